The van der Waals surface area contributed by atoms with Crippen molar-refractivity contribution in [2.75, 3.05) is 0 Å². The quantitative estimate of drug-likeness (QED) is 0.470. The summed E-state index contributed by atoms with van der Waals surface area (Å²) in [6.07, 6.45) is 0. The molecule has 1 rings (SSSR count). The van der Waals surface area contributed by atoms with Gasteiger partial charge >= 0.3 is 0 Å². The summed E-state index contributed by atoms with van der Waals surface area (Å²) in [6, 6.07) is 2.26. The highest BCUT2D eigenvalue weighted by Gasteiger charge is 2.14. The van der Waals surface area contributed by atoms with Gasteiger partial charge in [0.2, 0.25) is 0 Å². The van der Waals surface area contributed by atoms with E-state index in [1.807, 2.05) is 6.92 Å². The van der Waals surface area contributed by atoms with Gasteiger partial charge in [0.25, 0.3) is 0 Å². The first kappa shape index (κ1) is 18.2. The highest BCUT2D eigenvalue weighted by Crippen LogP contribution is 2.35. The maximum atomic E-state index is 4.65. The summed E-state index contributed by atoms with van der Waals surface area (Å²) in [5.41, 5.74) is 10.0. The molecular formula is C19H26S2. The van der Waals surface area contributed by atoms with E-state index in [1.165, 1.54) is 33.4 Å². The molecule has 0 N–H and O–H groups in total. The van der Waals surface area contributed by atoms with Gasteiger partial charge in [-0.15, -0.1) is 25.3 Å². The molecule has 0 atom stereocenters. The number of hydrogen-bond donors (Lipinski definition) is 2. The van der Waals surface area contributed by atoms with Crippen molar-refractivity contribution in [1.82, 2.24) is 0 Å². The van der Waals surface area contributed by atoms with Crippen molar-refractivity contribution in [3.05, 3.63) is 61.4 Å². The Morgan fingerprint density at radius 1 is 0.857 bits per heavy atom. The molecule has 0 fully saturated rings. The third-order valence-corrected chi connectivity index (χ3v) is 5.63. The fourth-order valence-corrected chi connectivity index (χ4v) is 3.05. The molecule has 0 saturated heterocycles. The number of benzene rings is 1. The largest absolute Gasteiger partial charge is 0.142 e. The Labute approximate surface area is 140 Å². The molecule has 1 aromatic carbocycles. The third-order valence-electron chi connectivity index (χ3n) is 4.29. The van der Waals surface area contributed by atoms with Crippen LogP contribution in [-0.4, -0.2) is 0 Å². The predicted octanol–water partition coefficient (Wildman–Crippen LogP) is 6.36. The minimum atomic E-state index is 0.856. The first-order valence-corrected chi connectivity index (χ1v) is 8.02. The van der Waals surface area contributed by atoms with Crippen molar-refractivity contribution in [2.24, 2.45) is 0 Å². The summed E-state index contributed by atoms with van der Waals surface area (Å²) in [7, 11) is 0. The summed E-state index contributed by atoms with van der Waals surface area (Å²) in [5, 5.41) is 0. The van der Waals surface area contributed by atoms with E-state index in [2.05, 4.69) is 79.4 Å². The number of aryl methyl sites for hydroxylation is 2. The van der Waals surface area contributed by atoms with Crippen LogP contribution in [0.15, 0.2) is 33.6 Å². The first-order valence-electron chi connectivity index (χ1n) is 7.13. The highest BCUT2D eigenvalue weighted by molar-refractivity contribution is 7.89. The second-order valence-corrected chi connectivity index (χ2v) is 6.76. The van der Waals surface area contributed by atoms with Crippen molar-refractivity contribution in [1.29, 1.82) is 0 Å². The van der Waals surface area contributed by atoms with Crippen LogP contribution in [0.5, 0.6) is 0 Å². The maximum absolute atomic E-state index is 4.65. The Hall–Kier alpha value is -0.860. The van der Waals surface area contributed by atoms with Crippen LogP contribution in [0.2, 0.25) is 0 Å². The molecular weight excluding hydrogens is 292 g/mol. The van der Waals surface area contributed by atoms with Gasteiger partial charge < -0.3 is 0 Å². The minimum absolute atomic E-state index is 0.856. The molecule has 0 aromatic heterocycles. The molecule has 0 radical (unpaired) electrons. The standard InChI is InChI=1S/C19H26S2/c1-10(2)18(20)19(21)16(8)15(7)17-13(5)11(3)9-12(4)14(17)6/h9,20-21H,1H2,2-8H3/b16-15+,19-18-. The van der Waals surface area contributed by atoms with Gasteiger partial charge in [-0.05, 0) is 93.0 Å². The van der Waals surface area contributed by atoms with Crippen LogP contribution in [-0.2, 0) is 0 Å². The molecule has 0 spiro atoms. The lowest BCUT2D eigenvalue weighted by Crippen LogP contribution is -1.99. The van der Waals surface area contributed by atoms with E-state index >= 15 is 0 Å². The van der Waals surface area contributed by atoms with E-state index in [0.29, 0.717) is 0 Å². The van der Waals surface area contributed by atoms with Gasteiger partial charge in [-0.2, -0.15) is 0 Å². The lowest BCUT2D eigenvalue weighted by atomic mass is 9.88. The highest BCUT2D eigenvalue weighted by atomic mass is 32.1. The van der Waals surface area contributed by atoms with Gasteiger partial charge in [0.15, 0.2) is 0 Å². The predicted molar refractivity (Wildman–Crippen MR) is 103 cm³/mol. The van der Waals surface area contributed by atoms with E-state index in [4.69, 9.17) is 0 Å². The number of thiol groups is 2. The van der Waals surface area contributed by atoms with Gasteiger partial charge in [-0.25, -0.2) is 0 Å². The van der Waals surface area contributed by atoms with Crippen LogP contribution in [0.25, 0.3) is 5.57 Å². The summed E-state index contributed by atoms with van der Waals surface area (Å²) >= 11 is 9.18. The van der Waals surface area contributed by atoms with Crippen LogP contribution in [0.1, 0.15) is 48.6 Å². The average molecular weight is 319 g/mol. The number of allylic oxidation sites excluding steroid dienone is 3. The molecule has 0 heterocycles. The van der Waals surface area contributed by atoms with Crippen LogP contribution in [0, 0.1) is 27.7 Å². The second-order valence-electron chi connectivity index (χ2n) is 5.86. The van der Waals surface area contributed by atoms with E-state index in [9.17, 15) is 0 Å². The number of rotatable bonds is 3. The second kappa shape index (κ2) is 6.93. The van der Waals surface area contributed by atoms with Gasteiger partial charge in [0, 0.05) is 9.81 Å². The summed E-state index contributed by atoms with van der Waals surface area (Å²) in [4.78, 5) is 1.76. The summed E-state index contributed by atoms with van der Waals surface area (Å²) in [6.45, 7) is 18.9. The molecule has 21 heavy (non-hydrogen) atoms. The molecule has 114 valence electrons. The average Bonchev–Trinajstić information content (AvgIpc) is 2.42. The number of hydrogen-bond acceptors (Lipinski definition) is 2. The minimum Gasteiger partial charge on any atom is -0.142 e. The normalized spacial score (nSPS) is 13.8. The van der Waals surface area contributed by atoms with E-state index in [0.717, 1.165) is 21.0 Å². The van der Waals surface area contributed by atoms with Gasteiger partial charge in [-0.3, -0.25) is 0 Å². The fraction of sp³-hybridized carbons (Fsp3) is 0.368. The van der Waals surface area contributed by atoms with Crippen molar-refractivity contribution in [3.63, 3.8) is 0 Å². The molecule has 0 nitrogen and oxygen atoms in total. The lowest BCUT2D eigenvalue weighted by molar-refractivity contribution is 1.21. The zero-order valence-corrected chi connectivity index (χ0v) is 16.0. The smallest absolute Gasteiger partial charge is 0.0208 e. The van der Waals surface area contributed by atoms with E-state index < -0.39 is 0 Å². The molecule has 0 aliphatic heterocycles. The van der Waals surface area contributed by atoms with Crippen molar-refractivity contribution >= 4 is 30.8 Å². The van der Waals surface area contributed by atoms with Crippen molar-refractivity contribution in [3.8, 4) is 0 Å². The SMILES string of the molecule is C=C(C)/C(S)=C(S)\C(C)=C(/C)c1c(C)c(C)cc(C)c1C. The molecule has 0 bridgehead atoms. The Morgan fingerprint density at radius 3 is 1.67 bits per heavy atom. The van der Waals surface area contributed by atoms with Crippen LogP contribution in [0.3, 0.4) is 0 Å². The van der Waals surface area contributed by atoms with Gasteiger partial charge in [0.05, 0.1) is 0 Å². The van der Waals surface area contributed by atoms with Crippen LogP contribution < -0.4 is 0 Å². The summed E-state index contributed by atoms with van der Waals surface area (Å²) < 4.78 is 0. The third kappa shape index (κ3) is 3.67. The Morgan fingerprint density at radius 2 is 1.29 bits per heavy atom. The molecule has 0 aliphatic carbocycles. The van der Waals surface area contributed by atoms with E-state index in [1.54, 1.807) is 0 Å². The Balaban J connectivity index is 3.65. The van der Waals surface area contributed by atoms with E-state index in [-0.39, 0.29) is 0 Å². The van der Waals surface area contributed by atoms with Crippen LogP contribution in [0.4, 0.5) is 0 Å². The zero-order valence-electron chi connectivity index (χ0n) is 14.2. The van der Waals surface area contributed by atoms with Gasteiger partial charge in [-0.1, -0.05) is 12.6 Å². The Bertz CT molecular complexity index is 632. The molecule has 0 saturated carbocycles. The lowest BCUT2D eigenvalue weighted by Gasteiger charge is -2.19. The molecule has 0 unspecified atom stereocenters. The van der Waals surface area contributed by atoms with Crippen molar-refractivity contribution < 1.29 is 0 Å². The fourth-order valence-electron chi connectivity index (χ4n) is 2.52. The maximum Gasteiger partial charge on any atom is 0.0208 e. The first-order chi connectivity index (χ1) is 9.59. The molecule has 2 heteroatoms. The van der Waals surface area contributed by atoms with Crippen LogP contribution >= 0.6 is 25.3 Å². The molecule has 0 aliphatic rings. The zero-order chi connectivity index (χ0) is 16.5. The van der Waals surface area contributed by atoms with Gasteiger partial charge in [0.1, 0.15) is 0 Å². The molecule has 1 aromatic rings. The Kier molecular flexibility index (Phi) is 6.01. The monoisotopic (exact) mass is 318 g/mol. The topological polar surface area (TPSA) is 0 Å². The molecule has 0 amide bonds. The summed E-state index contributed by atoms with van der Waals surface area (Å²) in [5.74, 6) is 0. The van der Waals surface area contributed by atoms with Crippen molar-refractivity contribution in [2.45, 2.75) is 48.5 Å².